The molecule has 2 fully saturated rings. The summed E-state index contributed by atoms with van der Waals surface area (Å²) in [7, 11) is 6.55. The molecular weight excluding hydrogens is 637 g/mol. The summed E-state index contributed by atoms with van der Waals surface area (Å²) in [5.74, 6) is 1.81. The van der Waals surface area contributed by atoms with Crippen molar-refractivity contribution in [1.29, 1.82) is 0 Å². The van der Waals surface area contributed by atoms with Gasteiger partial charge in [-0.05, 0) is 153 Å². The van der Waals surface area contributed by atoms with Crippen LogP contribution in [-0.4, -0.2) is 86.2 Å². The fourth-order valence-electron chi connectivity index (χ4n) is 8.66. The van der Waals surface area contributed by atoms with E-state index in [-0.39, 0.29) is 0 Å². The van der Waals surface area contributed by atoms with E-state index in [1.165, 1.54) is 137 Å². The van der Waals surface area contributed by atoms with Crippen LogP contribution >= 0.6 is 0 Å². The maximum Gasteiger partial charge on any atom is 0.0725 e. The second-order valence-corrected chi connectivity index (χ2v) is 16.5. The number of aryl methyl sites for hydroxylation is 2. The molecule has 6 rings (SSSR count). The Kier molecular flexibility index (Phi) is 15.6. The molecule has 4 aromatic rings. The summed E-state index contributed by atoms with van der Waals surface area (Å²) in [6.45, 7) is 16.2. The van der Waals surface area contributed by atoms with Crippen molar-refractivity contribution in [2.75, 3.05) is 70.2 Å². The Hall–Kier alpha value is -3.22. The standard InChI is InChI=1S/2C23H35N3/c1-18-11-12-21-22(16-18)24-14-13-23(21)26(17-20-9-5-6-10-20)19(2)8-7-15-25(3)4;1-4-26(18-20-9-5-6-10-20)16-8-7-15-25(3)23-13-14-24-22-17-19(2)11-12-21(22)23/h11-14,16,19-20H,5-10,15,17H2,1-4H3;11-14,17,20H,4-10,15-16,18H2,1-3H3. The number of rotatable bonds is 17. The Labute approximate surface area is 317 Å². The summed E-state index contributed by atoms with van der Waals surface area (Å²) in [4.78, 5) is 19.2. The fourth-order valence-corrected chi connectivity index (χ4v) is 8.66. The van der Waals surface area contributed by atoms with Gasteiger partial charge in [0, 0.05) is 67.3 Å². The number of nitrogens with zero attached hydrogens (tertiary/aromatic N) is 6. The maximum absolute atomic E-state index is 4.63. The van der Waals surface area contributed by atoms with Gasteiger partial charge in [-0.2, -0.15) is 0 Å². The third-order valence-corrected chi connectivity index (χ3v) is 11.8. The molecule has 0 bridgehead atoms. The van der Waals surface area contributed by atoms with E-state index in [2.05, 4.69) is 127 Å². The van der Waals surface area contributed by atoms with Crippen molar-refractivity contribution in [3.63, 3.8) is 0 Å². The summed E-state index contributed by atoms with van der Waals surface area (Å²) in [6.07, 6.45) is 20.3. The number of hydrogen-bond donors (Lipinski definition) is 0. The first-order valence-corrected chi connectivity index (χ1v) is 20.8. The quantitative estimate of drug-likeness (QED) is 0.102. The Balaban J connectivity index is 0.000000201. The predicted octanol–water partition coefficient (Wildman–Crippen LogP) is 10.5. The van der Waals surface area contributed by atoms with Crippen LogP contribution in [0.1, 0.15) is 102 Å². The molecule has 2 aliphatic carbocycles. The number of unbranched alkanes of at least 4 members (excludes halogenated alkanes) is 1. The molecule has 52 heavy (non-hydrogen) atoms. The van der Waals surface area contributed by atoms with Gasteiger partial charge in [0.15, 0.2) is 0 Å². The molecule has 0 amide bonds. The lowest BCUT2D eigenvalue weighted by Crippen LogP contribution is -2.37. The van der Waals surface area contributed by atoms with Gasteiger partial charge in [0.2, 0.25) is 0 Å². The molecule has 0 saturated heterocycles. The van der Waals surface area contributed by atoms with E-state index in [4.69, 9.17) is 0 Å². The van der Waals surface area contributed by atoms with Gasteiger partial charge in [0.05, 0.1) is 11.0 Å². The highest BCUT2D eigenvalue weighted by atomic mass is 15.2. The Morgan fingerprint density at radius 2 is 1.19 bits per heavy atom. The fraction of sp³-hybridized carbons (Fsp3) is 0.609. The molecule has 2 heterocycles. The van der Waals surface area contributed by atoms with Crippen LogP contribution in [0.4, 0.5) is 11.4 Å². The van der Waals surface area contributed by atoms with Crippen LogP contribution in [0.5, 0.6) is 0 Å². The predicted molar refractivity (Wildman–Crippen MR) is 226 cm³/mol. The van der Waals surface area contributed by atoms with E-state index in [1.54, 1.807) is 0 Å². The van der Waals surface area contributed by atoms with Gasteiger partial charge in [-0.1, -0.05) is 56.9 Å². The molecule has 1 atom stereocenters. The highest BCUT2D eigenvalue weighted by molar-refractivity contribution is 5.92. The Morgan fingerprint density at radius 3 is 1.77 bits per heavy atom. The molecule has 0 aliphatic heterocycles. The molecule has 0 spiro atoms. The first-order chi connectivity index (χ1) is 25.2. The summed E-state index contributed by atoms with van der Waals surface area (Å²) >= 11 is 0. The third kappa shape index (κ3) is 11.6. The summed E-state index contributed by atoms with van der Waals surface area (Å²) in [5, 5.41) is 2.56. The van der Waals surface area contributed by atoms with Crippen LogP contribution in [-0.2, 0) is 0 Å². The number of anilines is 2. The number of pyridine rings is 2. The zero-order valence-electron chi connectivity index (χ0n) is 33.9. The van der Waals surface area contributed by atoms with Crippen molar-refractivity contribution in [2.24, 2.45) is 11.8 Å². The smallest absolute Gasteiger partial charge is 0.0725 e. The SMILES string of the molecule is CCN(CCCCN(C)c1ccnc2cc(C)ccc12)CC1CCCC1.Cc1ccc2c(N(CC3CCCC3)C(C)CCCN(C)C)ccnc2c1. The van der Waals surface area contributed by atoms with Gasteiger partial charge in [-0.15, -0.1) is 0 Å². The van der Waals surface area contributed by atoms with Crippen molar-refractivity contribution in [2.45, 2.75) is 111 Å². The molecule has 2 saturated carbocycles. The van der Waals surface area contributed by atoms with E-state index in [9.17, 15) is 0 Å². The van der Waals surface area contributed by atoms with Crippen molar-refractivity contribution in [1.82, 2.24) is 19.8 Å². The van der Waals surface area contributed by atoms with E-state index in [0.29, 0.717) is 6.04 Å². The van der Waals surface area contributed by atoms with Crippen molar-refractivity contribution in [3.8, 4) is 0 Å². The van der Waals surface area contributed by atoms with Crippen molar-refractivity contribution < 1.29 is 0 Å². The molecule has 0 radical (unpaired) electrons. The van der Waals surface area contributed by atoms with Gasteiger partial charge in [-0.3, -0.25) is 9.97 Å². The minimum absolute atomic E-state index is 0.558. The average Bonchev–Trinajstić information content (AvgIpc) is 3.86. The topological polar surface area (TPSA) is 38.7 Å². The number of aromatic nitrogens is 2. The van der Waals surface area contributed by atoms with Gasteiger partial charge in [0.25, 0.3) is 0 Å². The minimum atomic E-state index is 0.558. The summed E-state index contributed by atoms with van der Waals surface area (Å²) in [6, 6.07) is 18.2. The van der Waals surface area contributed by atoms with E-state index in [0.717, 1.165) is 36.0 Å². The van der Waals surface area contributed by atoms with Crippen molar-refractivity contribution in [3.05, 3.63) is 72.1 Å². The zero-order valence-corrected chi connectivity index (χ0v) is 33.9. The third-order valence-electron chi connectivity index (χ3n) is 11.8. The molecular formula is C46H70N6. The lowest BCUT2D eigenvalue weighted by atomic mass is 10.0. The normalized spacial score (nSPS) is 15.9. The number of benzene rings is 2. The van der Waals surface area contributed by atoms with Crippen LogP contribution in [0.3, 0.4) is 0 Å². The van der Waals surface area contributed by atoms with E-state index < -0.39 is 0 Å². The monoisotopic (exact) mass is 707 g/mol. The summed E-state index contributed by atoms with van der Waals surface area (Å²) < 4.78 is 0. The molecule has 0 N–H and O–H groups in total. The molecule has 6 heteroatoms. The highest BCUT2D eigenvalue weighted by Crippen LogP contribution is 2.33. The van der Waals surface area contributed by atoms with Crippen LogP contribution in [0, 0.1) is 25.7 Å². The number of fused-ring (bicyclic) bond motifs is 2. The van der Waals surface area contributed by atoms with Crippen molar-refractivity contribution >= 4 is 33.2 Å². The minimum Gasteiger partial charge on any atom is -0.374 e. The largest absolute Gasteiger partial charge is 0.374 e. The van der Waals surface area contributed by atoms with E-state index >= 15 is 0 Å². The van der Waals surface area contributed by atoms with Gasteiger partial charge in [0.1, 0.15) is 0 Å². The lowest BCUT2D eigenvalue weighted by molar-refractivity contribution is 0.238. The highest BCUT2D eigenvalue weighted by Gasteiger charge is 2.24. The Morgan fingerprint density at radius 1 is 0.654 bits per heavy atom. The maximum atomic E-state index is 4.63. The first-order valence-electron chi connectivity index (χ1n) is 20.8. The lowest BCUT2D eigenvalue weighted by Gasteiger charge is -2.35. The molecule has 2 aromatic carbocycles. The molecule has 1 unspecified atom stereocenters. The number of hydrogen-bond acceptors (Lipinski definition) is 6. The first kappa shape index (κ1) is 40.0. The van der Waals surface area contributed by atoms with Crippen LogP contribution in [0.15, 0.2) is 60.9 Å². The molecule has 6 nitrogen and oxygen atoms in total. The summed E-state index contributed by atoms with van der Waals surface area (Å²) in [5.41, 5.74) is 7.45. The molecule has 284 valence electrons. The Bertz CT molecular complexity index is 1640. The van der Waals surface area contributed by atoms with Gasteiger partial charge < -0.3 is 19.6 Å². The second kappa shape index (κ2) is 20.3. The zero-order chi connectivity index (χ0) is 36.9. The second-order valence-electron chi connectivity index (χ2n) is 16.5. The average molecular weight is 707 g/mol. The van der Waals surface area contributed by atoms with Gasteiger partial charge >= 0.3 is 0 Å². The van der Waals surface area contributed by atoms with Crippen LogP contribution in [0.2, 0.25) is 0 Å². The van der Waals surface area contributed by atoms with Gasteiger partial charge in [-0.25, -0.2) is 0 Å². The van der Waals surface area contributed by atoms with E-state index in [1.807, 2.05) is 12.4 Å². The molecule has 2 aromatic heterocycles. The van der Waals surface area contributed by atoms with Crippen LogP contribution in [0.25, 0.3) is 21.8 Å². The molecule has 2 aliphatic rings. The van der Waals surface area contributed by atoms with Crippen LogP contribution < -0.4 is 9.80 Å².